The van der Waals surface area contributed by atoms with Crippen molar-refractivity contribution in [1.29, 1.82) is 0 Å². The first-order valence-corrected chi connectivity index (χ1v) is 6.56. The van der Waals surface area contributed by atoms with E-state index in [1.807, 2.05) is 25.1 Å². The monoisotopic (exact) mass is 263 g/mol. The van der Waals surface area contributed by atoms with Crippen molar-refractivity contribution >= 4 is 11.6 Å². The normalized spacial score (nSPS) is 12.6. The van der Waals surface area contributed by atoms with E-state index in [1.165, 1.54) is 5.56 Å². The van der Waals surface area contributed by atoms with Crippen molar-refractivity contribution in [2.75, 3.05) is 0 Å². The highest BCUT2D eigenvalue weighted by Crippen LogP contribution is 2.19. The molecule has 1 aromatic heterocycles. The third-order valence-corrected chi connectivity index (χ3v) is 3.38. The predicted octanol–water partition coefficient (Wildman–Crippen LogP) is 3.74. The molecule has 0 fully saturated rings. The SMILES string of the molecule is Cc1ccc(CC(N)CCc2ccco2)c(Cl)c1. The molecule has 0 aliphatic rings. The van der Waals surface area contributed by atoms with E-state index in [2.05, 4.69) is 12.1 Å². The summed E-state index contributed by atoms with van der Waals surface area (Å²) in [4.78, 5) is 0. The van der Waals surface area contributed by atoms with Crippen molar-refractivity contribution in [1.82, 2.24) is 0 Å². The molecule has 1 aromatic carbocycles. The van der Waals surface area contributed by atoms with Gasteiger partial charge in [0, 0.05) is 17.5 Å². The Hall–Kier alpha value is -1.25. The van der Waals surface area contributed by atoms with E-state index in [4.69, 9.17) is 21.8 Å². The second-order valence-electron chi connectivity index (χ2n) is 4.68. The smallest absolute Gasteiger partial charge is 0.103 e. The molecule has 1 heterocycles. The summed E-state index contributed by atoms with van der Waals surface area (Å²) in [5.41, 5.74) is 8.42. The summed E-state index contributed by atoms with van der Waals surface area (Å²) in [6.07, 6.45) is 4.27. The Labute approximate surface area is 113 Å². The van der Waals surface area contributed by atoms with E-state index in [-0.39, 0.29) is 6.04 Å². The molecule has 0 aliphatic carbocycles. The van der Waals surface area contributed by atoms with Crippen LogP contribution in [0.4, 0.5) is 0 Å². The van der Waals surface area contributed by atoms with E-state index >= 15 is 0 Å². The Kier molecular flexibility index (Phi) is 4.45. The van der Waals surface area contributed by atoms with E-state index < -0.39 is 0 Å². The molecule has 0 radical (unpaired) electrons. The van der Waals surface area contributed by atoms with Gasteiger partial charge in [-0.1, -0.05) is 23.7 Å². The highest BCUT2D eigenvalue weighted by molar-refractivity contribution is 6.31. The molecule has 1 unspecified atom stereocenters. The van der Waals surface area contributed by atoms with Gasteiger partial charge in [0.25, 0.3) is 0 Å². The number of benzene rings is 1. The van der Waals surface area contributed by atoms with Crippen LogP contribution >= 0.6 is 11.6 Å². The van der Waals surface area contributed by atoms with Crippen LogP contribution in [0.25, 0.3) is 0 Å². The van der Waals surface area contributed by atoms with Gasteiger partial charge in [-0.3, -0.25) is 0 Å². The summed E-state index contributed by atoms with van der Waals surface area (Å²) >= 11 is 6.20. The summed E-state index contributed by atoms with van der Waals surface area (Å²) in [7, 11) is 0. The molecule has 0 saturated carbocycles. The zero-order chi connectivity index (χ0) is 13.0. The van der Waals surface area contributed by atoms with Crippen LogP contribution in [0.15, 0.2) is 41.0 Å². The molecule has 18 heavy (non-hydrogen) atoms. The fraction of sp³-hybridized carbons (Fsp3) is 0.333. The average Bonchev–Trinajstić information content (AvgIpc) is 2.83. The Bertz CT molecular complexity index is 493. The number of halogens is 1. The van der Waals surface area contributed by atoms with Gasteiger partial charge in [0.15, 0.2) is 0 Å². The van der Waals surface area contributed by atoms with Gasteiger partial charge in [0.05, 0.1) is 6.26 Å². The fourth-order valence-electron chi connectivity index (χ4n) is 1.98. The summed E-state index contributed by atoms with van der Waals surface area (Å²) < 4.78 is 5.29. The molecule has 96 valence electrons. The number of hydrogen-bond acceptors (Lipinski definition) is 2. The lowest BCUT2D eigenvalue weighted by atomic mass is 10.0. The molecular weight excluding hydrogens is 246 g/mol. The minimum Gasteiger partial charge on any atom is -0.469 e. The van der Waals surface area contributed by atoms with Gasteiger partial charge in [-0.05, 0) is 49.1 Å². The summed E-state index contributed by atoms with van der Waals surface area (Å²) in [6, 6.07) is 10.1. The molecule has 2 rings (SSSR count). The average molecular weight is 264 g/mol. The molecule has 0 bridgehead atoms. The van der Waals surface area contributed by atoms with Gasteiger partial charge >= 0.3 is 0 Å². The van der Waals surface area contributed by atoms with Gasteiger partial charge in [-0.25, -0.2) is 0 Å². The lowest BCUT2D eigenvalue weighted by molar-refractivity contribution is 0.484. The summed E-state index contributed by atoms with van der Waals surface area (Å²) in [5.74, 6) is 0.987. The van der Waals surface area contributed by atoms with Gasteiger partial charge in [0.2, 0.25) is 0 Å². The van der Waals surface area contributed by atoms with E-state index in [1.54, 1.807) is 6.26 Å². The molecule has 2 N–H and O–H groups in total. The number of furan rings is 1. The molecule has 3 heteroatoms. The van der Waals surface area contributed by atoms with Crippen molar-refractivity contribution in [3.63, 3.8) is 0 Å². The lowest BCUT2D eigenvalue weighted by Crippen LogP contribution is -2.23. The molecule has 1 atom stereocenters. The van der Waals surface area contributed by atoms with Crippen LogP contribution in [0.3, 0.4) is 0 Å². The molecular formula is C15H18ClNO. The topological polar surface area (TPSA) is 39.2 Å². The quantitative estimate of drug-likeness (QED) is 0.892. The van der Waals surface area contributed by atoms with Crippen molar-refractivity contribution in [2.45, 2.75) is 32.2 Å². The Morgan fingerprint density at radius 1 is 1.33 bits per heavy atom. The second kappa shape index (κ2) is 6.07. The highest BCUT2D eigenvalue weighted by atomic mass is 35.5. The van der Waals surface area contributed by atoms with Crippen molar-refractivity contribution in [2.24, 2.45) is 5.73 Å². The zero-order valence-corrected chi connectivity index (χ0v) is 11.3. The van der Waals surface area contributed by atoms with Crippen molar-refractivity contribution in [3.05, 3.63) is 58.5 Å². The number of nitrogens with two attached hydrogens (primary N) is 1. The lowest BCUT2D eigenvalue weighted by Gasteiger charge is -2.12. The van der Waals surface area contributed by atoms with Crippen LogP contribution in [0.1, 0.15) is 23.3 Å². The van der Waals surface area contributed by atoms with Gasteiger partial charge in [-0.2, -0.15) is 0 Å². The first-order chi connectivity index (χ1) is 8.65. The Balaban J connectivity index is 1.88. The largest absolute Gasteiger partial charge is 0.469 e. The third kappa shape index (κ3) is 3.62. The molecule has 0 spiro atoms. The minimum atomic E-state index is 0.107. The molecule has 0 saturated heterocycles. The van der Waals surface area contributed by atoms with E-state index in [0.717, 1.165) is 35.6 Å². The Morgan fingerprint density at radius 3 is 2.83 bits per heavy atom. The fourth-order valence-corrected chi connectivity index (χ4v) is 2.30. The second-order valence-corrected chi connectivity index (χ2v) is 5.08. The summed E-state index contributed by atoms with van der Waals surface area (Å²) in [6.45, 7) is 2.03. The number of hydrogen-bond donors (Lipinski definition) is 1. The molecule has 2 nitrogen and oxygen atoms in total. The maximum atomic E-state index is 6.20. The minimum absolute atomic E-state index is 0.107. The number of aryl methyl sites for hydroxylation is 2. The van der Waals surface area contributed by atoms with Gasteiger partial charge < -0.3 is 10.2 Å². The van der Waals surface area contributed by atoms with Gasteiger partial charge in [-0.15, -0.1) is 0 Å². The van der Waals surface area contributed by atoms with Crippen LogP contribution in [-0.2, 0) is 12.8 Å². The standard InChI is InChI=1S/C15H18ClNO/c1-11-4-5-12(15(16)9-11)10-13(17)6-7-14-3-2-8-18-14/h2-5,8-9,13H,6-7,10,17H2,1H3. The highest BCUT2D eigenvalue weighted by Gasteiger charge is 2.08. The molecule has 0 amide bonds. The van der Waals surface area contributed by atoms with Crippen LogP contribution in [0.5, 0.6) is 0 Å². The maximum Gasteiger partial charge on any atom is 0.103 e. The molecule has 2 aromatic rings. The van der Waals surface area contributed by atoms with Crippen LogP contribution in [-0.4, -0.2) is 6.04 Å². The van der Waals surface area contributed by atoms with E-state index in [9.17, 15) is 0 Å². The molecule has 0 aliphatic heterocycles. The van der Waals surface area contributed by atoms with E-state index in [0.29, 0.717) is 0 Å². The first-order valence-electron chi connectivity index (χ1n) is 6.18. The van der Waals surface area contributed by atoms with Crippen LogP contribution < -0.4 is 5.73 Å². The zero-order valence-electron chi connectivity index (χ0n) is 10.5. The number of rotatable bonds is 5. The predicted molar refractivity (Wildman–Crippen MR) is 74.9 cm³/mol. The third-order valence-electron chi connectivity index (χ3n) is 3.03. The summed E-state index contributed by atoms with van der Waals surface area (Å²) in [5, 5.41) is 0.809. The van der Waals surface area contributed by atoms with Gasteiger partial charge in [0.1, 0.15) is 5.76 Å². The van der Waals surface area contributed by atoms with Crippen LogP contribution in [0, 0.1) is 6.92 Å². The first kappa shape index (κ1) is 13.2. The van der Waals surface area contributed by atoms with Crippen molar-refractivity contribution in [3.8, 4) is 0 Å². The Morgan fingerprint density at radius 2 is 2.17 bits per heavy atom. The van der Waals surface area contributed by atoms with Crippen molar-refractivity contribution < 1.29 is 4.42 Å². The van der Waals surface area contributed by atoms with Crippen LogP contribution in [0.2, 0.25) is 5.02 Å². The maximum absolute atomic E-state index is 6.20.